The minimum absolute atomic E-state index is 0.0517. The third-order valence-corrected chi connectivity index (χ3v) is 7.32. The molecular weight excluding hydrogens is 484 g/mol. The van der Waals surface area contributed by atoms with Crippen molar-refractivity contribution in [1.82, 2.24) is 15.3 Å². The molecule has 0 radical (unpaired) electrons. The van der Waals surface area contributed by atoms with Crippen molar-refractivity contribution in [3.63, 3.8) is 0 Å². The summed E-state index contributed by atoms with van der Waals surface area (Å²) in [5, 5.41) is 4.21. The molecule has 1 N–H and O–H groups in total. The Morgan fingerprint density at radius 2 is 1.51 bits per heavy atom. The number of hydrogen-bond donors (Lipinski definition) is 1. The molecule has 204 valence electrons. The lowest BCUT2D eigenvalue weighted by Gasteiger charge is -2.27. The summed E-state index contributed by atoms with van der Waals surface area (Å²) in [5.74, 6) is 4.56. The maximum Gasteiger partial charge on any atom is 0.255 e. The van der Waals surface area contributed by atoms with Gasteiger partial charge in [0.1, 0.15) is 23.1 Å². The second-order valence-electron chi connectivity index (χ2n) is 10.4. The summed E-state index contributed by atoms with van der Waals surface area (Å²) in [6.45, 7) is 4.95. The van der Waals surface area contributed by atoms with Crippen LogP contribution in [0.15, 0.2) is 78.9 Å². The number of fused-ring (bicyclic) bond motifs is 1. The monoisotopic (exact) mass is 524 g/mol. The summed E-state index contributed by atoms with van der Waals surface area (Å²) in [6, 6.07) is 25.1. The van der Waals surface area contributed by atoms with E-state index in [1.54, 1.807) is 0 Å². The van der Waals surface area contributed by atoms with Gasteiger partial charge < -0.3 is 15.0 Å². The zero-order chi connectivity index (χ0) is 27.6. The number of carbonyl (C=O) groups is 1. The van der Waals surface area contributed by atoms with Gasteiger partial charge in [-0.15, -0.1) is 0 Å². The molecule has 0 atom stereocenters. The van der Waals surface area contributed by atoms with Crippen LogP contribution in [0.4, 0.5) is 5.82 Å². The van der Waals surface area contributed by atoms with Gasteiger partial charge in [0.2, 0.25) is 0 Å². The summed E-state index contributed by atoms with van der Waals surface area (Å²) in [4.78, 5) is 23.4. The minimum Gasteiger partial charge on any atom is -0.457 e. The number of rotatable bonds is 7. The average molecular weight is 525 g/mol. The fourth-order valence-corrected chi connectivity index (χ4v) is 5.05. The maximum atomic E-state index is 12.6. The van der Waals surface area contributed by atoms with Crippen LogP contribution in [0.3, 0.4) is 0 Å². The van der Waals surface area contributed by atoms with E-state index in [9.17, 15) is 4.79 Å². The molecule has 0 spiro atoms. The quantitative estimate of drug-likeness (QED) is 0.272. The molecule has 1 fully saturated rings. The largest absolute Gasteiger partial charge is 0.457 e. The zero-order valence-corrected chi connectivity index (χ0v) is 23.6. The third kappa shape index (κ3) is 7.79. The van der Waals surface area contributed by atoms with Gasteiger partial charge in [-0.25, -0.2) is 9.97 Å². The first-order valence-corrected chi connectivity index (χ1v) is 14.0. The van der Waals surface area contributed by atoms with Crippen LogP contribution in [-0.2, 0) is 0 Å². The van der Waals surface area contributed by atoms with Crippen LogP contribution in [0, 0.1) is 18.8 Å². The highest BCUT2D eigenvalue weighted by Crippen LogP contribution is 2.30. The first-order valence-electron chi connectivity index (χ1n) is 14.0. The molecule has 1 saturated carbocycles. The fraction of sp³-hybridized carbons (Fsp3) is 0.364. The van der Waals surface area contributed by atoms with E-state index in [0.29, 0.717) is 17.2 Å². The molecular formula is C33H40N4O2. The van der Waals surface area contributed by atoms with Crippen LogP contribution in [0.2, 0.25) is 0 Å². The summed E-state index contributed by atoms with van der Waals surface area (Å²) in [7, 11) is 3.99. The molecule has 3 aromatic carbocycles. The highest BCUT2D eigenvalue weighted by molar-refractivity contribution is 5.97. The lowest BCUT2D eigenvalue weighted by molar-refractivity contribution is 0.0939. The van der Waals surface area contributed by atoms with E-state index in [4.69, 9.17) is 4.74 Å². The Bertz CT molecular complexity index is 1350. The molecule has 6 heteroatoms. The van der Waals surface area contributed by atoms with Gasteiger partial charge in [0.15, 0.2) is 0 Å². The Labute approximate surface area is 232 Å². The van der Waals surface area contributed by atoms with E-state index >= 15 is 0 Å². The summed E-state index contributed by atoms with van der Waals surface area (Å²) < 4.78 is 5.89. The van der Waals surface area contributed by atoms with Gasteiger partial charge in [0.05, 0.1) is 11.1 Å². The topological polar surface area (TPSA) is 67.3 Å². The van der Waals surface area contributed by atoms with E-state index in [2.05, 4.69) is 22.2 Å². The van der Waals surface area contributed by atoms with E-state index in [1.807, 2.05) is 105 Å². The number of nitrogens with zero attached hydrogens (tertiary/aromatic N) is 3. The Kier molecular flexibility index (Phi) is 9.90. The van der Waals surface area contributed by atoms with Crippen LogP contribution in [0.25, 0.3) is 10.9 Å². The standard InChI is InChI=1S/C22H27NO2.C11H13N3/c1-2-17-12-14-18(15-13-17)16-23-22(24)20-10-6-7-11-21(20)25-19-8-4-3-5-9-19;1-8-12-10-7-5-4-6-9(10)11(13-8)14(2)3/h3-11,17-18H,2,12-16H2,1H3,(H,23,24);4-7H,1-3H3. The van der Waals surface area contributed by atoms with Crippen molar-refractivity contribution >= 4 is 22.6 Å². The van der Waals surface area contributed by atoms with Crippen molar-refractivity contribution in [1.29, 1.82) is 0 Å². The van der Waals surface area contributed by atoms with Crippen molar-refractivity contribution in [2.45, 2.75) is 46.0 Å². The van der Waals surface area contributed by atoms with E-state index in [1.165, 1.54) is 32.1 Å². The van der Waals surface area contributed by atoms with Gasteiger partial charge >= 0.3 is 0 Å². The van der Waals surface area contributed by atoms with Crippen LogP contribution < -0.4 is 15.0 Å². The van der Waals surface area contributed by atoms with E-state index < -0.39 is 0 Å². The van der Waals surface area contributed by atoms with Crippen molar-refractivity contribution in [3.05, 3.63) is 90.3 Å². The normalized spacial score (nSPS) is 16.6. The molecule has 1 aliphatic carbocycles. The molecule has 1 aromatic heterocycles. The van der Waals surface area contributed by atoms with Crippen LogP contribution in [0.5, 0.6) is 11.5 Å². The molecule has 1 aliphatic rings. The Morgan fingerprint density at radius 3 is 2.23 bits per heavy atom. The zero-order valence-electron chi connectivity index (χ0n) is 23.6. The molecule has 0 aliphatic heterocycles. The highest BCUT2D eigenvalue weighted by Gasteiger charge is 2.21. The second kappa shape index (κ2) is 13.7. The first-order chi connectivity index (χ1) is 18.9. The van der Waals surface area contributed by atoms with Crippen molar-refractivity contribution in [2.75, 3.05) is 25.5 Å². The number of ether oxygens (including phenoxy) is 1. The highest BCUT2D eigenvalue weighted by atomic mass is 16.5. The summed E-state index contributed by atoms with van der Waals surface area (Å²) >= 11 is 0. The fourth-order valence-electron chi connectivity index (χ4n) is 5.05. The Balaban J connectivity index is 0.000000212. The summed E-state index contributed by atoms with van der Waals surface area (Å²) in [6.07, 6.45) is 6.32. The molecule has 6 nitrogen and oxygen atoms in total. The van der Waals surface area contributed by atoms with Crippen molar-refractivity contribution in [2.24, 2.45) is 11.8 Å². The molecule has 39 heavy (non-hydrogen) atoms. The number of para-hydroxylation sites is 3. The maximum absolute atomic E-state index is 12.6. The van der Waals surface area contributed by atoms with Crippen LogP contribution in [-0.4, -0.2) is 36.5 Å². The van der Waals surface area contributed by atoms with Gasteiger partial charge in [0, 0.05) is 26.0 Å². The number of aryl methyl sites for hydroxylation is 1. The van der Waals surface area contributed by atoms with Gasteiger partial charge in [-0.05, 0) is 68.0 Å². The lowest BCUT2D eigenvalue weighted by atomic mass is 9.81. The number of carbonyl (C=O) groups excluding carboxylic acids is 1. The predicted octanol–water partition coefficient (Wildman–Crippen LogP) is 7.43. The molecule has 0 saturated heterocycles. The SMILES string of the molecule is CCC1CCC(CNC(=O)c2ccccc2Oc2ccccc2)CC1.Cc1nc(N(C)C)c2ccccc2n1. The number of anilines is 1. The summed E-state index contributed by atoms with van der Waals surface area (Å²) in [5.41, 5.74) is 1.59. The molecule has 1 heterocycles. The molecule has 1 amide bonds. The van der Waals surface area contributed by atoms with Gasteiger partial charge in [0.25, 0.3) is 5.91 Å². The Morgan fingerprint density at radius 1 is 0.872 bits per heavy atom. The smallest absolute Gasteiger partial charge is 0.255 e. The third-order valence-electron chi connectivity index (χ3n) is 7.32. The van der Waals surface area contributed by atoms with Crippen molar-refractivity contribution in [3.8, 4) is 11.5 Å². The molecule has 4 aromatic rings. The number of nitrogens with one attached hydrogen (secondary N) is 1. The number of amides is 1. The molecule has 0 bridgehead atoms. The number of aromatic nitrogens is 2. The van der Waals surface area contributed by atoms with Crippen LogP contribution >= 0.6 is 0 Å². The molecule has 5 rings (SSSR count). The average Bonchev–Trinajstić information content (AvgIpc) is 2.97. The number of hydrogen-bond acceptors (Lipinski definition) is 5. The van der Waals surface area contributed by atoms with Crippen molar-refractivity contribution < 1.29 is 9.53 Å². The number of benzene rings is 3. The Hall–Kier alpha value is -3.93. The lowest BCUT2D eigenvalue weighted by Crippen LogP contribution is -2.31. The van der Waals surface area contributed by atoms with Gasteiger partial charge in [-0.3, -0.25) is 4.79 Å². The molecule has 0 unspecified atom stereocenters. The van der Waals surface area contributed by atoms with Gasteiger partial charge in [-0.1, -0.05) is 68.7 Å². The first kappa shape index (κ1) is 28.1. The van der Waals surface area contributed by atoms with Crippen LogP contribution in [0.1, 0.15) is 55.2 Å². The van der Waals surface area contributed by atoms with E-state index in [0.717, 1.165) is 40.8 Å². The second-order valence-corrected chi connectivity index (χ2v) is 10.4. The van der Waals surface area contributed by atoms with E-state index in [-0.39, 0.29) is 5.91 Å². The van der Waals surface area contributed by atoms with Gasteiger partial charge in [-0.2, -0.15) is 0 Å². The predicted molar refractivity (Wildman–Crippen MR) is 160 cm³/mol. The minimum atomic E-state index is -0.0517.